The van der Waals surface area contributed by atoms with Crippen LogP contribution in [0, 0.1) is 17.6 Å². The number of pyridine rings is 1. The summed E-state index contributed by atoms with van der Waals surface area (Å²) >= 11 is 0. The fraction of sp³-hybridized carbons (Fsp3) is 0.438. The number of nitrogens with zero attached hydrogens (tertiary/aromatic N) is 3. The van der Waals surface area contributed by atoms with Gasteiger partial charge in [-0.15, -0.1) is 0 Å². The predicted octanol–water partition coefficient (Wildman–Crippen LogP) is 2.90. The molecule has 1 unspecified atom stereocenters. The van der Waals surface area contributed by atoms with Gasteiger partial charge in [-0.05, 0) is 38.6 Å². The number of aromatic nitrogens is 1. The topological polar surface area (TPSA) is 19.4 Å². The molecule has 2 heterocycles. The van der Waals surface area contributed by atoms with Gasteiger partial charge < -0.3 is 9.80 Å². The van der Waals surface area contributed by atoms with Gasteiger partial charge in [0.05, 0.1) is 0 Å². The van der Waals surface area contributed by atoms with Crippen LogP contribution in [0.1, 0.15) is 6.42 Å². The van der Waals surface area contributed by atoms with Crippen LogP contribution in [0.3, 0.4) is 0 Å². The average Bonchev–Trinajstić information content (AvgIpc) is 2.85. The molecular formula is C16H19F2N3. The highest BCUT2D eigenvalue weighted by Crippen LogP contribution is 2.31. The Kier molecular flexibility index (Phi) is 3.76. The van der Waals surface area contributed by atoms with Crippen molar-refractivity contribution in [1.82, 2.24) is 9.88 Å². The standard InChI is InChI=1S/C16H19F2N3/c1-20(2)9-11-4-6-21(10-11)15-3-5-19-16-13(15)7-12(17)8-14(16)18/h3,5,7-8,11H,4,6,9-10H2,1-2H3. The molecule has 1 atom stereocenters. The normalized spacial score (nSPS) is 18.9. The summed E-state index contributed by atoms with van der Waals surface area (Å²) in [4.78, 5) is 8.43. The smallest absolute Gasteiger partial charge is 0.152 e. The number of hydrogen-bond acceptors (Lipinski definition) is 3. The maximum atomic E-state index is 13.8. The van der Waals surface area contributed by atoms with Crippen LogP contribution in [0.2, 0.25) is 0 Å². The molecule has 3 nitrogen and oxygen atoms in total. The largest absolute Gasteiger partial charge is 0.371 e. The van der Waals surface area contributed by atoms with Gasteiger partial charge >= 0.3 is 0 Å². The second-order valence-electron chi connectivity index (χ2n) is 5.98. The Hall–Kier alpha value is -1.75. The molecular weight excluding hydrogens is 272 g/mol. The molecule has 0 aliphatic carbocycles. The fourth-order valence-corrected chi connectivity index (χ4v) is 3.16. The van der Waals surface area contributed by atoms with Crippen LogP contribution in [0.25, 0.3) is 10.9 Å². The van der Waals surface area contributed by atoms with E-state index in [0.717, 1.165) is 37.8 Å². The van der Waals surface area contributed by atoms with E-state index in [9.17, 15) is 8.78 Å². The Balaban J connectivity index is 1.94. The van der Waals surface area contributed by atoms with Crippen LogP contribution in [0.4, 0.5) is 14.5 Å². The third-order valence-corrected chi connectivity index (χ3v) is 3.99. The zero-order chi connectivity index (χ0) is 15.0. The second-order valence-corrected chi connectivity index (χ2v) is 5.98. The summed E-state index contributed by atoms with van der Waals surface area (Å²) in [5.41, 5.74) is 1.12. The van der Waals surface area contributed by atoms with Gasteiger partial charge in [-0.25, -0.2) is 8.78 Å². The highest BCUT2D eigenvalue weighted by Gasteiger charge is 2.24. The van der Waals surface area contributed by atoms with Crippen molar-refractivity contribution in [2.45, 2.75) is 6.42 Å². The van der Waals surface area contributed by atoms with Crippen molar-refractivity contribution >= 4 is 16.6 Å². The molecule has 1 aliphatic rings. The van der Waals surface area contributed by atoms with Crippen molar-refractivity contribution in [3.63, 3.8) is 0 Å². The summed E-state index contributed by atoms with van der Waals surface area (Å²) in [6.45, 7) is 2.85. The van der Waals surface area contributed by atoms with Crippen molar-refractivity contribution in [3.05, 3.63) is 36.0 Å². The third-order valence-electron chi connectivity index (χ3n) is 3.99. The van der Waals surface area contributed by atoms with Crippen LogP contribution in [0.5, 0.6) is 0 Å². The molecule has 1 aromatic carbocycles. The first kappa shape index (κ1) is 14.2. The molecule has 5 heteroatoms. The maximum absolute atomic E-state index is 13.8. The molecule has 0 bridgehead atoms. The minimum atomic E-state index is -0.601. The van der Waals surface area contributed by atoms with E-state index in [4.69, 9.17) is 0 Å². The first-order valence-corrected chi connectivity index (χ1v) is 7.18. The third kappa shape index (κ3) is 2.83. The van der Waals surface area contributed by atoms with E-state index in [-0.39, 0.29) is 5.52 Å². The molecule has 21 heavy (non-hydrogen) atoms. The highest BCUT2D eigenvalue weighted by molar-refractivity contribution is 5.92. The van der Waals surface area contributed by atoms with Gasteiger partial charge in [0.1, 0.15) is 11.3 Å². The van der Waals surface area contributed by atoms with Crippen molar-refractivity contribution in [3.8, 4) is 0 Å². The minimum Gasteiger partial charge on any atom is -0.371 e. The van der Waals surface area contributed by atoms with Gasteiger partial charge in [0.2, 0.25) is 0 Å². The number of anilines is 1. The molecule has 1 saturated heterocycles. The number of benzene rings is 1. The van der Waals surface area contributed by atoms with Gasteiger partial charge in [0.15, 0.2) is 5.82 Å². The van der Waals surface area contributed by atoms with E-state index in [1.165, 1.54) is 6.07 Å². The maximum Gasteiger partial charge on any atom is 0.152 e. The number of hydrogen-bond donors (Lipinski definition) is 0. The van der Waals surface area contributed by atoms with E-state index in [1.807, 2.05) is 6.07 Å². The molecule has 1 fully saturated rings. The lowest BCUT2D eigenvalue weighted by molar-refractivity contribution is 0.340. The van der Waals surface area contributed by atoms with E-state index in [0.29, 0.717) is 11.3 Å². The van der Waals surface area contributed by atoms with Crippen molar-refractivity contribution in [2.75, 3.05) is 38.6 Å². The first-order valence-electron chi connectivity index (χ1n) is 7.18. The molecule has 1 aliphatic heterocycles. The minimum absolute atomic E-state index is 0.241. The zero-order valence-corrected chi connectivity index (χ0v) is 12.3. The second kappa shape index (κ2) is 5.56. The summed E-state index contributed by atoms with van der Waals surface area (Å²) < 4.78 is 27.4. The number of halogens is 2. The lowest BCUT2D eigenvalue weighted by Gasteiger charge is -2.21. The molecule has 0 radical (unpaired) electrons. The Morgan fingerprint density at radius 2 is 2.14 bits per heavy atom. The van der Waals surface area contributed by atoms with Crippen LogP contribution >= 0.6 is 0 Å². The number of fused-ring (bicyclic) bond motifs is 1. The summed E-state index contributed by atoms with van der Waals surface area (Å²) in [5.74, 6) is -0.573. The molecule has 2 aromatic rings. The Labute approximate surface area is 123 Å². The first-order chi connectivity index (χ1) is 10.0. The molecule has 0 amide bonds. The summed E-state index contributed by atoms with van der Waals surface area (Å²) in [6, 6.07) is 4.11. The Morgan fingerprint density at radius 1 is 1.33 bits per heavy atom. The van der Waals surface area contributed by atoms with Crippen LogP contribution in [0.15, 0.2) is 24.4 Å². The molecule has 0 spiro atoms. The van der Waals surface area contributed by atoms with Gasteiger partial charge in [-0.1, -0.05) is 0 Å². The van der Waals surface area contributed by atoms with Crippen LogP contribution in [-0.2, 0) is 0 Å². The Bertz CT molecular complexity index is 657. The van der Waals surface area contributed by atoms with E-state index < -0.39 is 11.6 Å². The lowest BCUT2D eigenvalue weighted by atomic mass is 10.1. The van der Waals surface area contributed by atoms with Crippen molar-refractivity contribution in [1.29, 1.82) is 0 Å². The van der Waals surface area contributed by atoms with Crippen molar-refractivity contribution < 1.29 is 8.78 Å². The SMILES string of the molecule is CN(C)CC1CCN(c2ccnc3c(F)cc(F)cc23)C1. The molecule has 0 N–H and O–H groups in total. The van der Waals surface area contributed by atoms with Gasteiger partial charge in [-0.3, -0.25) is 4.98 Å². The summed E-state index contributed by atoms with van der Waals surface area (Å²) in [7, 11) is 4.13. The molecule has 1 aromatic heterocycles. The molecule has 112 valence electrons. The van der Waals surface area contributed by atoms with Gasteiger partial charge in [-0.2, -0.15) is 0 Å². The van der Waals surface area contributed by atoms with E-state index >= 15 is 0 Å². The summed E-state index contributed by atoms with van der Waals surface area (Å²) in [5, 5.41) is 0.556. The predicted molar refractivity (Wildman–Crippen MR) is 80.5 cm³/mol. The number of rotatable bonds is 3. The van der Waals surface area contributed by atoms with Crippen molar-refractivity contribution in [2.24, 2.45) is 5.92 Å². The Morgan fingerprint density at radius 3 is 2.90 bits per heavy atom. The van der Waals surface area contributed by atoms with Gasteiger partial charge in [0, 0.05) is 43.0 Å². The van der Waals surface area contributed by atoms with E-state index in [1.54, 1.807) is 6.20 Å². The van der Waals surface area contributed by atoms with Crippen LogP contribution in [-0.4, -0.2) is 43.6 Å². The monoisotopic (exact) mass is 291 g/mol. The van der Waals surface area contributed by atoms with Crippen LogP contribution < -0.4 is 4.90 Å². The quantitative estimate of drug-likeness (QED) is 0.867. The summed E-state index contributed by atoms with van der Waals surface area (Å²) in [6.07, 6.45) is 2.69. The van der Waals surface area contributed by atoms with E-state index in [2.05, 4.69) is 28.9 Å². The zero-order valence-electron chi connectivity index (χ0n) is 12.3. The molecule has 0 saturated carbocycles. The molecule has 3 rings (SSSR count). The average molecular weight is 291 g/mol. The fourth-order valence-electron chi connectivity index (χ4n) is 3.16. The van der Waals surface area contributed by atoms with Gasteiger partial charge in [0.25, 0.3) is 0 Å². The highest BCUT2D eigenvalue weighted by atomic mass is 19.1. The lowest BCUT2D eigenvalue weighted by Crippen LogP contribution is -2.25.